The largest absolute Gasteiger partial charge is 0.478 e. The highest BCUT2D eigenvalue weighted by Crippen LogP contribution is 2.31. The van der Waals surface area contributed by atoms with E-state index in [2.05, 4.69) is 47.1 Å². The maximum absolute atomic E-state index is 12.0. The molecule has 1 aromatic carbocycles. The summed E-state index contributed by atoms with van der Waals surface area (Å²) < 4.78 is 1.03. The van der Waals surface area contributed by atoms with E-state index in [1.165, 1.54) is 24.7 Å². The maximum Gasteiger partial charge on any atom is 0.337 e. The van der Waals surface area contributed by atoms with Gasteiger partial charge in [-0.25, -0.2) is 9.78 Å². The van der Waals surface area contributed by atoms with Gasteiger partial charge in [0.1, 0.15) is 5.69 Å². The summed E-state index contributed by atoms with van der Waals surface area (Å²) in [5.74, 6) is -1.69. The second kappa shape index (κ2) is 6.10. The molecule has 0 atom stereocenters. The van der Waals surface area contributed by atoms with Crippen LogP contribution in [0.2, 0.25) is 0 Å². The standard InChI is InChI=1S/C12H7Br2N3O3/c13-6-3-7(12(19)20)10(8(14)4-6)17-11(18)9-5-15-1-2-16-9/h1-5H,(H,17,18)(H,19,20). The number of nitrogens with zero attached hydrogens (tertiary/aromatic N) is 2. The number of aromatic carboxylic acids is 1. The molecule has 0 fully saturated rings. The topological polar surface area (TPSA) is 92.2 Å². The second-order valence-corrected chi connectivity index (χ2v) is 5.43. The van der Waals surface area contributed by atoms with Gasteiger partial charge in [0.2, 0.25) is 0 Å². The van der Waals surface area contributed by atoms with Crippen LogP contribution in [-0.2, 0) is 0 Å². The van der Waals surface area contributed by atoms with Crippen molar-refractivity contribution < 1.29 is 14.7 Å². The van der Waals surface area contributed by atoms with Crippen LogP contribution in [-0.4, -0.2) is 27.0 Å². The van der Waals surface area contributed by atoms with E-state index < -0.39 is 11.9 Å². The van der Waals surface area contributed by atoms with Crippen molar-refractivity contribution in [3.8, 4) is 0 Å². The normalized spacial score (nSPS) is 10.1. The molecule has 2 N–H and O–H groups in total. The van der Waals surface area contributed by atoms with Crippen LogP contribution in [0, 0.1) is 0 Å². The number of anilines is 1. The Hall–Kier alpha value is -1.80. The van der Waals surface area contributed by atoms with Crippen molar-refractivity contribution in [2.45, 2.75) is 0 Å². The van der Waals surface area contributed by atoms with Crippen molar-refractivity contribution >= 4 is 49.4 Å². The Labute approximate surface area is 130 Å². The Balaban J connectivity index is 2.39. The van der Waals surface area contributed by atoms with Crippen LogP contribution in [0.1, 0.15) is 20.8 Å². The van der Waals surface area contributed by atoms with Gasteiger partial charge in [0, 0.05) is 21.3 Å². The molecule has 6 nitrogen and oxygen atoms in total. The van der Waals surface area contributed by atoms with Gasteiger partial charge in [0.25, 0.3) is 5.91 Å². The summed E-state index contributed by atoms with van der Waals surface area (Å²) in [5.41, 5.74) is 0.221. The van der Waals surface area contributed by atoms with E-state index >= 15 is 0 Å². The van der Waals surface area contributed by atoms with Crippen LogP contribution in [0.3, 0.4) is 0 Å². The number of carbonyl (C=O) groups is 2. The quantitative estimate of drug-likeness (QED) is 0.826. The van der Waals surface area contributed by atoms with Crippen LogP contribution < -0.4 is 5.32 Å². The van der Waals surface area contributed by atoms with Crippen LogP contribution >= 0.6 is 31.9 Å². The highest BCUT2D eigenvalue weighted by Gasteiger charge is 2.18. The average Bonchev–Trinajstić information content (AvgIpc) is 2.42. The Morgan fingerprint density at radius 3 is 2.55 bits per heavy atom. The molecule has 1 amide bonds. The van der Waals surface area contributed by atoms with Gasteiger partial charge in [0.15, 0.2) is 0 Å². The van der Waals surface area contributed by atoms with E-state index in [0.717, 1.165) is 0 Å². The fraction of sp³-hybridized carbons (Fsp3) is 0. The molecule has 8 heteroatoms. The molecular formula is C12H7Br2N3O3. The van der Waals surface area contributed by atoms with E-state index in [1.807, 2.05) is 0 Å². The van der Waals surface area contributed by atoms with Gasteiger partial charge in [0.05, 0.1) is 17.4 Å². The van der Waals surface area contributed by atoms with Gasteiger partial charge >= 0.3 is 5.97 Å². The molecule has 0 unspecified atom stereocenters. The summed E-state index contributed by atoms with van der Waals surface area (Å²) in [6.45, 7) is 0. The number of nitrogens with one attached hydrogen (secondary N) is 1. The highest BCUT2D eigenvalue weighted by atomic mass is 79.9. The Morgan fingerprint density at radius 2 is 1.95 bits per heavy atom. The first-order valence-electron chi connectivity index (χ1n) is 5.28. The van der Waals surface area contributed by atoms with Crippen molar-refractivity contribution in [3.05, 3.63) is 50.9 Å². The van der Waals surface area contributed by atoms with Crippen LogP contribution in [0.4, 0.5) is 5.69 Å². The van der Waals surface area contributed by atoms with Gasteiger partial charge in [-0.2, -0.15) is 0 Å². The first-order valence-corrected chi connectivity index (χ1v) is 6.87. The zero-order valence-corrected chi connectivity index (χ0v) is 13.0. The average molecular weight is 401 g/mol. The first kappa shape index (κ1) is 14.6. The lowest BCUT2D eigenvalue weighted by molar-refractivity contribution is 0.0698. The summed E-state index contributed by atoms with van der Waals surface area (Å²) in [6, 6.07) is 3.04. The second-order valence-electron chi connectivity index (χ2n) is 3.66. The Kier molecular flexibility index (Phi) is 4.46. The third-order valence-corrected chi connectivity index (χ3v) is 3.40. The van der Waals surface area contributed by atoms with Gasteiger partial charge in [-0.05, 0) is 28.1 Å². The van der Waals surface area contributed by atoms with Crippen LogP contribution in [0.5, 0.6) is 0 Å². The molecule has 1 heterocycles. The molecule has 0 saturated heterocycles. The molecular weight excluding hydrogens is 394 g/mol. The number of hydrogen-bond donors (Lipinski definition) is 2. The molecule has 20 heavy (non-hydrogen) atoms. The fourth-order valence-corrected chi connectivity index (χ4v) is 2.79. The number of hydrogen-bond acceptors (Lipinski definition) is 4. The van der Waals surface area contributed by atoms with Crippen molar-refractivity contribution in [1.29, 1.82) is 0 Å². The Morgan fingerprint density at radius 1 is 1.20 bits per heavy atom. The monoisotopic (exact) mass is 399 g/mol. The molecule has 0 aliphatic rings. The minimum atomic E-state index is -1.15. The molecule has 2 aromatic rings. The number of carbonyl (C=O) groups excluding carboxylic acids is 1. The molecule has 0 aliphatic carbocycles. The predicted molar refractivity (Wildman–Crippen MR) is 78.8 cm³/mol. The number of carboxylic acids is 1. The Bertz CT molecular complexity index is 677. The highest BCUT2D eigenvalue weighted by molar-refractivity contribution is 9.11. The molecule has 0 bridgehead atoms. The summed E-state index contributed by atoms with van der Waals surface area (Å²) in [5, 5.41) is 11.7. The smallest absolute Gasteiger partial charge is 0.337 e. The van der Waals surface area contributed by atoms with E-state index in [1.54, 1.807) is 6.07 Å². The number of carboxylic acid groups (broad SMARTS) is 1. The number of rotatable bonds is 3. The predicted octanol–water partition coefficient (Wildman–Crippen LogP) is 2.95. The molecule has 0 saturated carbocycles. The number of aromatic nitrogens is 2. The van der Waals surface area contributed by atoms with Gasteiger partial charge in [-0.3, -0.25) is 9.78 Å². The molecule has 102 valence electrons. The summed E-state index contributed by atoms with van der Waals surface area (Å²) in [4.78, 5) is 30.8. The lowest BCUT2D eigenvalue weighted by Crippen LogP contribution is -2.16. The zero-order valence-electron chi connectivity index (χ0n) is 9.80. The third kappa shape index (κ3) is 3.20. The van der Waals surface area contributed by atoms with Crippen molar-refractivity contribution in [2.75, 3.05) is 5.32 Å². The van der Waals surface area contributed by atoms with E-state index in [9.17, 15) is 14.7 Å². The molecule has 1 aromatic heterocycles. The first-order chi connectivity index (χ1) is 9.49. The van der Waals surface area contributed by atoms with Crippen molar-refractivity contribution in [2.24, 2.45) is 0 Å². The molecule has 0 spiro atoms. The van der Waals surface area contributed by atoms with E-state index in [0.29, 0.717) is 8.95 Å². The SMILES string of the molecule is O=C(Nc1c(Br)cc(Br)cc1C(=O)O)c1cnccn1. The van der Waals surface area contributed by atoms with Crippen molar-refractivity contribution in [3.63, 3.8) is 0 Å². The van der Waals surface area contributed by atoms with E-state index in [-0.39, 0.29) is 16.9 Å². The third-order valence-electron chi connectivity index (χ3n) is 2.32. The fourth-order valence-electron chi connectivity index (χ4n) is 1.46. The minimum absolute atomic E-state index is 0.0384. The molecule has 2 rings (SSSR count). The summed E-state index contributed by atoms with van der Waals surface area (Å²) >= 11 is 6.42. The van der Waals surface area contributed by atoms with Gasteiger partial charge in [-0.15, -0.1) is 0 Å². The number of benzene rings is 1. The lowest BCUT2D eigenvalue weighted by Gasteiger charge is -2.11. The van der Waals surface area contributed by atoms with Crippen LogP contribution in [0.15, 0.2) is 39.7 Å². The molecule has 0 aliphatic heterocycles. The molecule has 0 radical (unpaired) electrons. The lowest BCUT2D eigenvalue weighted by atomic mass is 10.1. The van der Waals surface area contributed by atoms with Crippen LogP contribution in [0.25, 0.3) is 0 Å². The number of halogens is 2. The van der Waals surface area contributed by atoms with Crippen molar-refractivity contribution in [1.82, 2.24) is 9.97 Å². The van der Waals surface area contributed by atoms with Gasteiger partial charge in [-0.1, -0.05) is 15.9 Å². The summed E-state index contributed by atoms with van der Waals surface area (Å²) in [7, 11) is 0. The van der Waals surface area contributed by atoms with E-state index in [4.69, 9.17) is 0 Å². The zero-order chi connectivity index (χ0) is 14.7. The minimum Gasteiger partial charge on any atom is -0.478 e. The summed E-state index contributed by atoms with van der Waals surface area (Å²) in [6.07, 6.45) is 4.11. The van der Waals surface area contributed by atoms with Gasteiger partial charge < -0.3 is 10.4 Å². The number of amides is 1. The maximum atomic E-state index is 12.0.